The highest BCUT2D eigenvalue weighted by Crippen LogP contribution is 2.33. The van der Waals surface area contributed by atoms with Crippen molar-refractivity contribution >= 4 is 111 Å². The van der Waals surface area contributed by atoms with Gasteiger partial charge in [0.2, 0.25) is 35.4 Å². The molecule has 6 N–H and O–H groups in total. The number of piperazine rings is 1. The van der Waals surface area contributed by atoms with Crippen molar-refractivity contribution in [3.05, 3.63) is 69.4 Å². The van der Waals surface area contributed by atoms with Crippen LogP contribution in [0.15, 0.2) is 59.7 Å². The third-order valence-electron chi connectivity index (χ3n) is 17.2. The lowest BCUT2D eigenvalue weighted by molar-refractivity contribution is -0.146. The van der Waals surface area contributed by atoms with E-state index in [0.29, 0.717) is 88.1 Å². The first-order chi connectivity index (χ1) is 46.0. The molecular weight excluding hydrogens is 1380 g/mol. The Morgan fingerprint density at radius 1 is 0.719 bits per heavy atom. The van der Waals surface area contributed by atoms with E-state index in [1.807, 2.05) is 17.0 Å². The smallest absolute Gasteiger partial charge is 0.317 e. The van der Waals surface area contributed by atoms with E-state index in [9.17, 15) is 72.0 Å². The Morgan fingerprint density at radius 3 is 1.97 bits per heavy atom. The van der Waals surface area contributed by atoms with Gasteiger partial charge in [0.05, 0.1) is 68.2 Å². The summed E-state index contributed by atoms with van der Waals surface area (Å²) in [6.07, 6.45) is 8.12. The Labute approximate surface area is 575 Å². The zero-order valence-corrected chi connectivity index (χ0v) is 57.4. The maximum absolute atomic E-state index is 14.2. The lowest BCUT2D eigenvalue weighted by atomic mass is 10.1. The predicted octanol–water partition coefficient (Wildman–Crippen LogP) is 2.33. The fraction of sp³-hybridized carbons (Fsp3) is 0.600. The van der Waals surface area contributed by atoms with E-state index in [1.54, 1.807) is 37.8 Å². The number of hydrogen-bond acceptors (Lipinski definition) is 19. The molecule has 27 nitrogen and oxygen atoms in total. The zero-order chi connectivity index (χ0) is 69.2. The van der Waals surface area contributed by atoms with Crippen molar-refractivity contribution in [3.8, 4) is 5.75 Å². The fourth-order valence-corrected chi connectivity index (χ4v) is 13.8. The lowest BCUT2D eigenvalue weighted by Crippen LogP contribution is -2.52. The van der Waals surface area contributed by atoms with Gasteiger partial charge >= 0.3 is 17.9 Å². The van der Waals surface area contributed by atoms with Crippen molar-refractivity contribution in [1.29, 1.82) is 0 Å². The summed E-state index contributed by atoms with van der Waals surface area (Å²) >= 11 is 3.54. The number of hydrogen-bond donors (Lipinski definition) is 6. The van der Waals surface area contributed by atoms with E-state index in [0.717, 1.165) is 45.6 Å². The number of imide groups is 1. The number of aliphatic carboxylic acids is 3. The molecule has 0 saturated carbocycles. The molecule has 31 heteroatoms. The number of carboxylic acids is 3. The number of aryl methyl sites for hydroxylation is 1. The maximum atomic E-state index is 14.2. The third-order valence-corrected chi connectivity index (χ3v) is 19.4. The first-order valence-corrected chi connectivity index (χ1v) is 34.7. The fourth-order valence-electron chi connectivity index (χ4n) is 12.0. The molecule has 4 aliphatic heterocycles. The number of aromatic nitrogens is 1. The van der Waals surface area contributed by atoms with Gasteiger partial charge in [-0.3, -0.25) is 87.3 Å². The second-order valence-electron chi connectivity index (χ2n) is 24.6. The number of carbonyl (C=O) groups excluding carboxylic acids is 7. The Balaban J connectivity index is 0.868. The first kappa shape index (κ1) is 76.3. The Morgan fingerprint density at radius 2 is 1.34 bits per heavy atom. The molecule has 2 aromatic carbocycles. The number of fused-ring (bicyclic) bond motifs is 1. The molecule has 3 aromatic rings. The Hall–Kier alpha value is -7.04. The summed E-state index contributed by atoms with van der Waals surface area (Å²) in [4.78, 5) is 150. The van der Waals surface area contributed by atoms with Crippen molar-refractivity contribution in [3.63, 3.8) is 0 Å². The van der Waals surface area contributed by atoms with Gasteiger partial charge in [0.1, 0.15) is 12.3 Å². The van der Waals surface area contributed by atoms with Crippen LogP contribution in [0.25, 0.3) is 10.9 Å². The van der Waals surface area contributed by atoms with Gasteiger partial charge in [-0.15, -0.1) is 11.8 Å². The standard InChI is InChI=1S/C65H90F2IN13O14S/c1-69-37-48-36-65(66,67)45-81(48)58(85)39-73-63(93)51-17-19-70-53-16-15-49(34-52(51)53)95-33-6-5-20-74-29-31-79(32-30-74)59(86)41-80-57(84)35-54(64(80)94)96-50(9-3-2-4-18-71-55(82)10-7-8-46-11-13-47(68)14-12-46)38-72-56(83)40-75-21-23-76(42-60(87)88)25-27-78(44-62(91)92)28-26-77(24-22-75)43-61(89)90/h11-17,19,34,37,48,50,54H,2-10,18,20-33,35-36,38-45H2,1H3,(H,71,82)(H,72,83)(H,73,93)(H,87,88)(H,89,90)(H,91,92)/b69-37+/t48-,50-,54?/m1/s1. The van der Waals surface area contributed by atoms with Gasteiger partial charge in [-0.2, -0.15) is 0 Å². The molecule has 4 fully saturated rings. The van der Waals surface area contributed by atoms with Crippen LogP contribution in [-0.4, -0.2) is 305 Å². The molecule has 0 bridgehead atoms. The van der Waals surface area contributed by atoms with Crippen molar-refractivity contribution in [2.45, 2.75) is 93.1 Å². The summed E-state index contributed by atoms with van der Waals surface area (Å²) in [6.45, 7) is 2.79. The first-order valence-electron chi connectivity index (χ1n) is 32.7. The molecule has 0 radical (unpaired) electrons. The van der Waals surface area contributed by atoms with E-state index in [-0.39, 0.29) is 120 Å². The molecule has 526 valence electrons. The van der Waals surface area contributed by atoms with E-state index in [4.69, 9.17) is 4.74 Å². The Bertz CT molecular complexity index is 3160. The van der Waals surface area contributed by atoms with Crippen LogP contribution >= 0.6 is 34.4 Å². The molecule has 0 spiro atoms. The number of ether oxygens (including phenoxy) is 1. The van der Waals surface area contributed by atoms with Crippen LogP contribution in [-0.2, 0) is 49.6 Å². The number of likely N-dealkylation sites (tertiary alicyclic amines) is 2. The topological polar surface area (TPSA) is 328 Å². The number of amides is 7. The van der Waals surface area contributed by atoms with Crippen LogP contribution in [0.4, 0.5) is 8.78 Å². The van der Waals surface area contributed by atoms with Crippen LogP contribution in [0.1, 0.15) is 80.1 Å². The summed E-state index contributed by atoms with van der Waals surface area (Å²) in [5.74, 6) is -8.69. The maximum Gasteiger partial charge on any atom is 0.317 e. The summed E-state index contributed by atoms with van der Waals surface area (Å²) in [7, 11) is 1.44. The van der Waals surface area contributed by atoms with Crippen molar-refractivity contribution < 1.29 is 76.8 Å². The highest BCUT2D eigenvalue weighted by Gasteiger charge is 2.46. The average molecular weight is 1470 g/mol. The third kappa shape index (κ3) is 25.8. The molecular formula is C65H90F2IN13O14S. The number of thioether (sulfide) groups is 1. The number of aliphatic imine (C=N–C) groups is 1. The second kappa shape index (κ2) is 38.8. The highest BCUT2D eigenvalue weighted by molar-refractivity contribution is 14.1. The number of rotatable bonds is 34. The molecule has 1 aromatic heterocycles. The number of pyridine rings is 1. The molecule has 0 aliphatic carbocycles. The minimum absolute atomic E-state index is 0.0282. The Kier molecular flexibility index (Phi) is 30.8. The second-order valence-corrected chi connectivity index (χ2v) is 27.3. The summed E-state index contributed by atoms with van der Waals surface area (Å²) in [5, 5.41) is 36.8. The number of alkyl halides is 2. The zero-order valence-electron chi connectivity index (χ0n) is 54.4. The van der Waals surface area contributed by atoms with E-state index in [2.05, 4.69) is 65.6 Å². The van der Waals surface area contributed by atoms with Crippen LogP contribution < -0.4 is 20.7 Å². The minimum atomic E-state index is -3.06. The van der Waals surface area contributed by atoms with Gasteiger partial charge in [0, 0.05) is 145 Å². The van der Waals surface area contributed by atoms with Crippen LogP contribution in [0, 0.1) is 3.57 Å². The van der Waals surface area contributed by atoms with Gasteiger partial charge in [-0.05, 0) is 110 Å². The number of nitrogens with zero attached hydrogens (tertiary/aromatic N) is 10. The van der Waals surface area contributed by atoms with Crippen molar-refractivity contribution in [2.24, 2.45) is 4.99 Å². The van der Waals surface area contributed by atoms with Gasteiger partial charge in [0.15, 0.2) is 0 Å². The van der Waals surface area contributed by atoms with Crippen LogP contribution in [0.5, 0.6) is 5.75 Å². The summed E-state index contributed by atoms with van der Waals surface area (Å²) < 4.78 is 35.5. The normalized spacial score (nSPS) is 19.3. The minimum Gasteiger partial charge on any atom is -0.494 e. The molecule has 96 heavy (non-hydrogen) atoms. The summed E-state index contributed by atoms with van der Waals surface area (Å²) in [5.41, 5.74) is 1.92. The number of nitrogens with one attached hydrogen (secondary N) is 3. The van der Waals surface area contributed by atoms with E-state index >= 15 is 0 Å². The van der Waals surface area contributed by atoms with Crippen LogP contribution in [0.2, 0.25) is 0 Å². The predicted molar refractivity (Wildman–Crippen MR) is 363 cm³/mol. The highest BCUT2D eigenvalue weighted by atomic mass is 127. The van der Waals surface area contributed by atoms with Gasteiger partial charge in [-0.1, -0.05) is 25.0 Å². The van der Waals surface area contributed by atoms with Gasteiger partial charge < -0.3 is 45.8 Å². The molecule has 7 amide bonds. The van der Waals surface area contributed by atoms with E-state index in [1.165, 1.54) is 42.9 Å². The molecule has 5 heterocycles. The SMILES string of the molecule is C/N=C/[C@H]1CC(F)(F)CN1C(=O)CNC(=O)c1ccnc2ccc(OCCCCN3CCN(C(=O)CN4C(=O)CC(S[C@H](CCCCCNC(=O)CCCc5ccc(I)cc5)CNC(=O)CN5CCN(CC(=O)O)CCN(CC(=O)O)CCN(CC(=O)O)CC5)C4=O)CC3)cc12. The largest absolute Gasteiger partial charge is 0.494 e. The van der Waals surface area contributed by atoms with Crippen LogP contribution in [0.3, 0.4) is 0 Å². The van der Waals surface area contributed by atoms with Gasteiger partial charge in [0.25, 0.3) is 11.8 Å². The summed E-state index contributed by atoms with van der Waals surface area (Å²) in [6, 6.07) is 14.0. The number of carboxylic acid groups (broad SMARTS) is 3. The van der Waals surface area contributed by atoms with E-state index < -0.39 is 84.8 Å². The van der Waals surface area contributed by atoms with Gasteiger partial charge in [-0.25, -0.2) is 8.78 Å². The van der Waals surface area contributed by atoms with Crippen molar-refractivity contribution in [2.75, 3.05) is 158 Å². The molecule has 4 aliphatic rings. The number of unbranched alkanes of at least 4 members (excludes halogenated alkanes) is 3. The lowest BCUT2D eigenvalue weighted by Gasteiger charge is -2.35. The average Bonchev–Trinajstić information content (AvgIpc) is 1.46. The number of benzene rings is 2. The molecule has 7 rings (SSSR count). The monoisotopic (exact) mass is 1470 g/mol. The number of carbonyl (C=O) groups is 10. The van der Waals surface area contributed by atoms with Crippen molar-refractivity contribution in [1.82, 2.24) is 60.1 Å². The molecule has 3 atom stereocenters. The quantitative estimate of drug-likeness (QED) is 0.0216. The molecule has 4 saturated heterocycles. The molecule has 1 unspecified atom stereocenters. The number of halogens is 3.